The van der Waals surface area contributed by atoms with Crippen LogP contribution in [0.15, 0.2) is 24.3 Å². The molecule has 18 heavy (non-hydrogen) atoms. The number of carbonyl (C=O) groups is 1. The van der Waals surface area contributed by atoms with Crippen LogP contribution in [0.25, 0.3) is 0 Å². The van der Waals surface area contributed by atoms with Crippen molar-refractivity contribution in [2.45, 2.75) is 31.7 Å². The maximum atomic E-state index is 12.1. The second-order valence-electron chi connectivity index (χ2n) is 4.79. The number of halogens is 2. The quantitative estimate of drug-likeness (QED) is 0.840. The summed E-state index contributed by atoms with van der Waals surface area (Å²) in [6.45, 7) is 0. The Labute approximate surface area is 118 Å². The molecule has 0 spiro atoms. The van der Waals surface area contributed by atoms with Crippen molar-refractivity contribution in [3.63, 3.8) is 0 Å². The van der Waals surface area contributed by atoms with Gasteiger partial charge in [0, 0.05) is 22.5 Å². The normalized spacial score (nSPS) is 23.7. The minimum atomic E-state index is -0.0336. The van der Waals surface area contributed by atoms with E-state index in [1.54, 1.807) is 24.3 Å². The zero-order valence-corrected chi connectivity index (χ0v) is 11.7. The molecule has 1 aromatic carbocycles. The van der Waals surface area contributed by atoms with Gasteiger partial charge in [-0.2, -0.15) is 0 Å². The lowest BCUT2D eigenvalue weighted by Crippen LogP contribution is -2.42. The molecular weight excluding hydrogens is 269 g/mol. The molecule has 1 aliphatic rings. The Balaban J connectivity index is 1.99. The van der Waals surface area contributed by atoms with Gasteiger partial charge in [-0.05, 0) is 43.0 Å². The van der Waals surface area contributed by atoms with Crippen molar-refractivity contribution in [3.8, 4) is 0 Å². The summed E-state index contributed by atoms with van der Waals surface area (Å²) in [6.07, 6.45) is 4.51. The zero-order chi connectivity index (χ0) is 13.0. The molecule has 2 nitrogen and oxygen atoms in total. The molecule has 98 valence electrons. The lowest BCUT2D eigenvalue weighted by atomic mass is 9.85. The van der Waals surface area contributed by atoms with Gasteiger partial charge in [-0.15, -0.1) is 11.6 Å². The van der Waals surface area contributed by atoms with E-state index in [9.17, 15) is 4.79 Å². The molecule has 1 fully saturated rings. The van der Waals surface area contributed by atoms with Gasteiger partial charge in [0.05, 0.1) is 0 Å². The summed E-state index contributed by atoms with van der Waals surface area (Å²) in [5.74, 6) is 0.983. The molecule has 0 heterocycles. The van der Waals surface area contributed by atoms with Crippen molar-refractivity contribution < 1.29 is 4.79 Å². The van der Waals surface area contributed by atoms with E-state index in [1.165, 1.54) is 12.8 Å². The predicted molar refractivity (Wildman–Crippen MR) is 75.4 cm³/mol. The Hall–Kier alpha value is -0.730. The summed E-state index contributed by atoms with van der Waals surface area (Å²) < 4.78 is 0. The van der Waals surface area contributed by atoms with Crippen LogP contribution in [0.3, 0.4) is 0 Å². The Bertz CT molecular complexity index is 405. The van der Waals surface area contributed by atoms with Crippen LogP contribution in [0, 0.1) is 5.92 Å². The van der Waals surface area contributed by atoms with Crippen LogP contribution < -0.4 is 5.32 Å². The molecule has 1 aromatic rings. The summed E-state index contributed by atoms with van der Waals surface area (Å²) in [4.78, 5) is 12.1. The third-order valence-electron chi connectivity index (χ3n) is 3.53. The first kappa shape index (κ1) is 13.7. The largest absolute Gasteiger partial charge is 0.349 e. The standard InChI is InChI=1S/C14H17Cl2NO/c15-9-11-3-1-2-4-13(11)17-14(18)10-5-7-12(16)8-6-10/h5-8,11,13H,1-4,9H2,(H,17,18). The van der Waals surface area contributed by atoms with Crippen molar-refractivity contribution in [1.82, 2.24) is 5.32 Å². The molecule has 1 amide bonds. The van der Waals surface area contributed by atoms with E-state index in [1.807, 2.05) is 0 Å². The minimum absolute atomic E-state index is 0.0336. The van der Waals surface area contributed by atoms with E-state index in [2.05, 4.69) is 5.32 Å². The highest BCUT2D eigenvalue weighted by molar-refractivity contribution is 6.30. The maximum Gasteiger partial charge on any atom is 0.251 e. The summed E-state index contributed by atoms with van der Waals surface area (Å²) in [5, 5.41) is 3.73. The molecule has 2 unspecified atom stereocenters. The highest BCUT2D eigenvalue weighted by Gasteiger charge is 2.25. The number of benzene rings is 1. The van der Waals surface area contributed by atoms with Crippen LogP contribution >= 0.6 is 23.2 Å². The van der Waals surface area contributed by atoms with E-state index < -0.39 is 0 Å². The second-order valence-corrected chi connectivity index (χ2v) is 5.53. The lowest BCUT2D eigenvalue weighted by molar-refractivity contribution is 0.0911. The third-order valence-corrected chi connectivity index (χ3v) is 4.18. The Morgan fingerprint density at radius 2 is 1.89 bits per heavy atom. The molecule has 1 N–H and O–H groups in total. The number of amides is 1. The Morgan fingerprint density at radius 3 is 2.56 bits per heavy atom. The molecule has 0 radical (unpaired) electrons. The topological polar surface area (TPSA) is 29.1 Å². The first-order chi connectivity index (χ1) is 8.70. The summed E-state index contributed by atoms with van der Waals surface area (Å²) >= 11 is 11.8. The van der Waals surface area contributed by atoms with Crippen LogP contribution in [-0.2, 0) is 0 Å². The van der Waals surface area contributed by atoms with Gasteiger partial charge in [-0.1, -0.05) is 24.4 Å². The highest BCUT2D eigenvalue weighted by Crippen LogP contribution is 2.25. The van der Waals surface area contributed by atoms with Crippen LogP contribution in [0.4, 0.5) is 0 Å². The number of nitrogens with one attached hydrogen (secondary N) is 1. The fraction of sp³-hybridized carbons (Fsp3) is 0.500. The minimum Gasteiger partial charge on any atom is -0.349 e. The second kappa shape index (κ2) is 6.44. The van der Waals surface area contributed by atoms with Crippen molar-refractivity contribution in [1.29, 1.82) is 0 Å². The number of rotatable bonds is 3. The van der Waals surface area contributed by atoms with E-state index in [-0.39, 0.29) is 11.9 Å². The highest BCUT2D eigenvalue weighted by atomic mass is 35.5. The summed E-state index contributed by atoms with van der Waals surface area (Å²) in [6, 6.07) is 7.17. The van der Waals surface area contributed by atoms with Gasteiger partial charge >= 0.3 is 0 Å². The average molecular weight is 286 g/mol. The average Bonchev–Trinajstić information content (AvgIpc) is 2.40. The van der Waals surface area contributed by atoms with E-state index in [0.29, 0.717) is 22.4 Å². The summed E-state index contributed by atoms with van der Waals surface area (Å²) in [5.41, 5.74) is 0.651. The molecule has 0 aliphatic heterocycles. The van der Waals surface area contributed by atoms with Crippen LogP contribution in [0.5, 0.6) is 0 Å². The van der Waals surface area contributed by atoms with Crippen LogP contribution in [0.2, 0.25) is 5.02 Å². The van der Waals surface area contributed by atoms with Crippen molar-refractivity contribution in [2.75, 3.05) is 5.88 Å². The van der Waals surface area contributed by atoms with E-state index in [0.717, 1.165) is 12.8 Å². The van der Waals surface area contributed by atoms with Gasteiger partial charge in [-0.3, -0.25) is 4.79 Å². The molecule has 0 bridgehead atoms. The number of hydrogen-bond donors (Lipinski definition) is 1. The molecule has 1 saturated carbocycles. The molecule has 1 aliphatic carbocycles. The van der Waals surface area contributed by atoms with Crippen LogP contribution in [-0.4, -0.2) is 17.8 Å². The van der Waals surface area contributed by atoms with Gasteiger partial charge in [0.15, 0.2) is 0 Å². The lowest BCUT2D eigenvalue weighted by Gasteiger charge is -2.30. The van der Waals surface area contributed by atoms with E-state index in [4.69, 9.17) is 23.2 Å². The number of alkyl halides is 1. The van der Waals surface area contributed by atoms with Gasteiger partial charge in [-0.25, -0.2) is 0 Å². The van der Waals surface area contributed by atoms with E-state index >= 15 is 0 Å². The predicted octanol–water partition coefficient (Wildman–Crippen LogP) is 3.87. The Morgan fingerprint density at radius 1 is 1.22 bits per heavy atom. The summed E-state index contributed by atoms with van der Waals surface area (Å²) in [7, 11) is 0. The maximum absolute atomic E-state index is 12.1. The van der Waals surface area contributed by atoms with Crippen molar-refractivity contribution >= 4 is 29.1 Å². The van der Waals surface area contributed by atoms with Gasteiger partial charge in [0.25, 0.3) is 5.91 Å². The zero-order valence-electron chi connectivity index (χ0n) is 10.2. The van der Waals surface area contributed by atoms with Gasteiger partial charge in [0.2, 0.25) is 0 Å². The molecule has 0 aromatic heterocycles. The van der Waals surface area contributed by atoms with Gasteiger partial charge in [0.1, 0.15) is 0 Å². The first-order valence-electron chi connectivity index (χ1n) is 6.33. The van der Waals surface area contributed by atoms with Crippen LogP contribution in [0.1, 0.15) is 36.0 Å². The molecule has 4 heteroatoms. The Kier molecular flexibility index (Phi) is 4.90. The molecular formula is C14H17Cl2NO. The third kappa shape index (κ3) is 3.39. The molecule has 2 atom stereocenters. The molecule has 2 rings (SSSR count). The smallest absolute Gasteiger partial charge is 0.251 e. The first-order valence-corrected chi connectivity index (χ1v) is 7.24. The molecule has 0 saturated heterocycles. The fourth-order valence-corrected chi connectivity index (χ4v) is 2.93. The number of carbonyl (C=O) groups excluding carboxylic acids is 1. The monoisotopic (exact) mass is 285 g/mol. The van der Waals surface area contributed by atoms with Gasteiger partial charge < -0.3 is 5.32 Å². The fourth-order valence-electron chi connectivity index (χ4n) is 2.44. The van der Waals surface area contributed by atoms with Crippen molar-refractivity contribution in [2.24, 2.45) is 5.92 Å². The number of hydrogen-bond acceptors (Lipinski definition) is 1. The van der Waals surface area contributed by atoms with Crippen molar-refractivity contribution in [3.05, 3.63) is 34.9 Å². The SMILES string of the molecule is O=C(NC1CCCCC1CCl)c1ccc(Cl)cc1.